The molecule has 2 heterocycles. The van der Waals surface area contributed by atoms with Crippen molar-refractivity contribution in [2.45, 2.75) is 29.6 Å². The molecule has 0 saturated heterocycles. The second-order valence-corrected chi connectivity index (χ2v) is 9.24. The van der Waals surface area contributed by atoms with Gasteiger partial charge in [0.25, 0.3) is 0 Å². The summed E-state index contributed by atoms with van der Waals surface area (Å²) in [5.74, 6) is -1.05. The molecule has 6 nitrogen and oxygen atoms in total. The Morgan fingerprint density at radius 1 is 1.06 bits per heavy atom. The molecule has 1 aromatic heterocycles. The predicted octanol–water partition coefficient (Wildman–Crippen LogP) is 6.08. The predicted molar refractivity (Wildman–Crippen MR) is 130 cm³/mol. The number of benzene rings is 2. The molecule has 0 saturated carbocycles. The molecule has 0 bridgehead atoms. The first-order chi connectivity index (χ1) is 15.9. The van der Waals surface area contributed by atoms with Crippen LogP contribution in [0.25, 0.3) is 0 Å². The quantitative estimate of drug-likeness (QED) is 0.256. The molecular formula is C24H19Cl2N3O3S. The molecule has 168 valence electrons. The zero-order valence-corrected chi connectivity index (χ0v) is 19.9. The van der Waals surface area contributed by atoms with Crippen molar-refractivity contribution in [2.24, 2.45) is 10.7 Å². The van der Waals surface area contributed by atoms with Gasteiger partial charge in [-0.05, 0) is 48.9 Å². The maximum absolute atomic E-state index is 12.5. The maximum Gasteiger partial charge on any atom is 0.338 e. The fraction of sp³-hybridized carbons (Fsp3) is 0.167. The average Bonchev–Trinajstić information content (AvgIpc) is 2.95. The molecule has 0 fully saturated rings. The summed E-state index contributed by atoms with van der Waals surface area (Å²) in [6, 6.07) is 11.8. The summed E-state index contributed by atoms with van der Waals surface area (Å²) in [5.41, 5.74) is 8.28. The van der Waals surface area contributed by atoms with Gasteiger partial charge in [0.05, 0.1) is 39.8 Å². The monoisotopic (exact) mass is 499 g/mol. The van der Waals surface area contributed by atoms with Crippen LogP contribution in [0.5, 0.6) is 0 Å². The van der Waals surface area contributed by atoms with Crippen LogP contribution in [0.4, 0.5) is 5.69 Å². The topological polar surface area (TPSA) is 94.6 Å². The van der Waals surface area contributed by atoms with Gasteiger partial charge >= 0.3 is 5.97 Å². The summed E-state index contributed by atoms with van der Waals surface area (Å²) >= 11 is 13.7. The summed E-state index contributed by atoms with van der Waals surface area (Å²) in [6.07, 6.45) is 3.22. The molecule has 9 heteroatoms. The van der Waals surface area contributed by atoms with Crippen molar-refractivity contribution in [3.63, 3.8) is 0 Å². The zero-order chi connectivity index (χ0) is 23.5. The third-order valence-electron chi connectivity index (χ3n) is 4.92. The molecule has 0 spiro atoms. The molecule has 0 atom stereocenters. The molecule has 2 N–H and O–H groups in total. The number of esters is 1. The van der Waals surface area contributed by atoms with Gasteiger partial charge in [0.15, 0.2) is 0 Å². The van der Waals surface area contributed by atoms with Crippen LogP contribution in [0.15, 0.2) is 63.4 Å². The van der Waals surface area contributed by atoms with E-state index in [1.165, 1.54) is 24.0 Å². The molecule has 1 aliphatic heterocycles. The van der Waals surface area contributed by atoms with Crippen LogP contribution in [0.2, 0.25) is 10.0 Å². The van der Waals surface area contributed by atoms with Crippen molar-refractivity contribution in [2.75, 3.05) is 6.61 Å². The van der Waals surface area contributed by atoms with Crippen molar-refractivity contribution < 1.29 is 14.3 Å². The van der Waals surface area contributed by atoms with Crippen LogP contribution in [0.3, 0.4) is 0 Å². The van der Waals surface area contributed by atoms with Crippen molar-refractivity contribution in [1.82, 2.24) is 4.98 Å². The van der Waals surface area contributed by atoms with E-state index in [2.05, 4.69) is 4.98 Å². The normalized spacial score (nSPS) is 12.3. The van der Waals surface area contributed by atoms with Crippen LogP contribution < -0.4 is 5.73 Å². The molecule has 1 aliphatic rings. The lowest BCUT2D eigenvalue weighted by Crippen LogP contribution is -2.18. The van der Waals surface area contributed by atoms with Crippen molar-refractivity contribution in [1.29, 1.82) is 0 Å². The van der Waals surface area contributed by atoms with Gasteiger partial charge in [-0.1, -0.05) is 48.3 Å². The Balaban J connectivity index is 1.90. The first-order valence-electron chi connectivity index (χ1n) is 10.2. The standard InChI is InChI=1S/C24H19Cl2N3O3S/c1-2-3-8-32-24(31)13-4-7-19-18(9-13)29-22(17-6-5-14(25)12-28-17)21-16(23(27)30)10-15(26)11-20(21)33-19/h4-7,9-12H,2-3,8H2,1H3,(H2,27,30). The SMILES string of the molecule is CCCCOC(=O)c1ccc2c(c1)N=C(c1ccc(Cl)cn1)c1c(cc(Cl)cc1C(N)=O)S2. The number of carbonyl (C=O) groups excluding carboxylic acids is 2. The van der Waals surface area contributed by atoms with Gasteiger partial charge in [0.2, 0.25) is 5.91 Å². The third-order valence-corrected chi connectivity index (χ3v) is 6.47. The average molecular weight is 500 g/mol. The second-order valence-electron chi connectivity index (χ2n) is 7.29. The summed E-state index contributed by atoms with van der Waals surface area (Å²) in [5, 5.41) is 0.837. The number of nitrogens with zero attached hydrogens (tertiary/aromatic N) is 2. The summed E-state index contributed by atoms with van der Waals surface area (Å²) in [6.45, 7) is 2.38. The number of fused-ring (bicyclic) bond motifs is 2. The number of rotatable bonds is 6. The number of pyridine rings is 1. The minimum absolute atomic E-state index is 0.229. The summed E-state index contributed by atoms with van der Waals surface area (Å²) < 4.78 is 5.34. The highest BCUT2D eigenvalue weighted by molar-refractivity contribution is 7.99. The van der Waals surface area contributed by atoms with Gasteiger partial charge in [-0.3, -0.25) is 9.78 Å². The third kappa shape index (κ3) is 5.05. The number of hydrogen-bond donors (Lipinski definition) is 1. The maximum atomic E-state index is 12.5. The minimum atomic E-state index is -0.637. The molecule has 0 unspecified atom stereocenters. The number of nitrogens with two attached hydrogens (primary N) is 1. The Bertz CT molecular complexity index is 1280. The van der Waals surface area contributed by atoms with Gasteiger partial charge in [-0.15, -0.1) is 0 Å². The molecule has 0 radical (unpaired) electrons. The first-order valence-corrected chi connectivity index (χ1v) is 11.8. The molecule has 1 amide bonds. The lowest BCUT2D eigenvalue weighted by atomic mass is 9.99. The zero-order valence-electron chi connectivity index (χ0n) is 17.6. The minimum Gasteiger partial charge on any atom is -0.462 e. The number of amides is 1. The number of primary amides is 1. The summed E-state index contributed by atoms with van der Waals surface area (Å²) in [7, 11) is 0. The Labute approximate surface area is 205 Å². The number of aliphatic imine (C=N–C) groups is 1. The number of halogens is 2. The Kier molecular flexibility index (Phi) is 7.02. The molecule has 2 aromatic carbocycles. The highest BCUT2D eigenvalue weighted by Crippen LogP contribution is 2.43. The van der Waals surface area contributed by atoms with Crippen LogP contribution >= 0.6 is 35.0 Å². The van der Waals surface area contributed by atoms with E-state index in [4.69, 9.17) is 38.7 Å². The smallest absolute Gasteiger partial charge is 0.338 e. The number of aromatic nitrogens is 1. The van der Waals surface area contributed by atoms with E-state index in [1.54, 1.807) is 36.4 Å². The molecular weight excluding hydrogens is 481 g/mol. The highest BCUT2D eigenvalue weighted by atomic mass is 35.5. The summed E-state index contributed by atoms with van der Waals surface area (Å²) in [4.78, 5) is 35.5. The Morgan fingerprint density at radius 3 is 2.58 bits per heavy atom. The van der Waals surface area contributed by atoms with Gasteiger partial charge in [-0.25, -0.2) is 9.79 Å². The Hall–Kier alpha value is -2.87. The van der Waals surface area contributed by atoms with Gasteiger partial charge in [0.1, 0.15) is 0 Å². The van der Waals surface area contributed by atoms with E-state index in [0.717, 1.165) is 17.7 Å². The van der Waals surface area contributed by atoms with E-state index in [-0.39, 0.29) is 5.56 Å². The van der Waals surface area contributed by atoms with E-state index in [0.29, 0.717) is 49.8 Å². The second kappa shape index (κ2) is 9.95. The molecule has 33 heavy (non-hydrogen) atoms. The highest BCUT2D eigenvalue weighted by Gasteiger charge is 2.26. The number of hydrogen-bond acceptors (Lipinski definition) is 6. The van der Waals surface area contributed by atoms with E-state index in [9.17, 15) is 9.59 Å². The fourth-order valence-corrected chi connectivity index (χ4v) is 4.78. The fourth-order valence-electron chi connectivity index (χ4n) is 3.31. The van der Waals surface area contributed by atoms with Crippen LogP contribution in [-0.4, -0.2) is 29.2 Å². The van der Waals surface area contributed by atoms with Crippen LogP contribution in [0.1, 0.15) is 51.7 Å². The molecule has 4 rings (SSSR count). The number of unbranched alkanes of at least 4 members (excludes halogenated alkanes) is 1. The lowest BCUT2D eigenvalue weighted by molar-refractivity contribution is 0.0499. The largest absolute Gasteiger partial charge is 0.462 e. The number of carbonyl (C=O) groups is 2. The van der Waals surface area contributed by atoms with Gasteiger partial charge in [-0.2, -0.15) is 0 Å². The van der Waals surface area contributed by atoms with Gasteiger partial charge < -0.3 is 10.5 Å². The van der Waals surface area contributed by atoms with E-state index < -0.39 is 11.9 Å². The van der Waals surface area contributed by atoms with Crippen LogP contribution in [-0.2, 0) is 4.74 Å². The van der Waals surface area contributed by atoms with E-state index in [1.807, 2.05) is 6.92 Å². The van der Waals surface area contributed by atoms with Crippen molar-refractivity contribution in [3.8, 4) is 0 Å². The number of ether oxygens (including phenoxy) is 1. The van der Waals surface area contributed by atoms with Crippen molar-refractivity contribution >= 4 is 58.2 Å². The molecule has 3 aromatic rings. The Morgan fingerprint density at radius 2 is 1.88 bits per heavy atom. The molecule has 0 aliphatic carbocycles. The first kappa shape index (κ1) is 23.3. The van der Waals surface area contributed by atoms with E-state index >= 15 is 0 Å². The van der Waals surface area contributed by atoms with Gasteiger partial charge in [0, 0.05) is 26.6 Å². The lowest BCUT2D eigenvalue weighted by Gasteiger charge is -2.13. The van der Waals surface area contributed by atoms with Crippen molar-refractivity contribution in [3.05, 3.63) is 81.1 Å². The van der Waals surface area contributed by atoms with Crippen LogP contribution in [0, 0.1) is 0 Å².